The third kappa shape index (κ3) is 5.24. The molecule has 0 radical (unpaired) electrons. The normalized spacial score (nSPS) is 14.5. The number of halogens is 1. The Balaban J connectivity index is 1.45. The molecule has 5 aromatic rings. The highest BCUT2D eigenvalue weighted by molar-refractivity contribution is 6.43. The van der Waals surface area contributed by atoms with E-state index < -0.39 is 29.6 Å². The van der Waals surface area contributed by atoms with E-state index in [0.29, 0.717) is 23.4 Å². The third-order valence-corrected chi connectivity index (χ3v) is 7.73. The minimum atomic E-state index is -1.46. The van der Waals surface area contributed by atoms with E-state index in [0.717, 1.165) is 37.7 Å². The molecule has 0 bridgehead atoms. The molecule has 1 fully saturated rings. The van der Waals surface area contributed by atoms with Crippen LogP contribution in [0.4, 0.5) is 20.6 Å². The first-order valence-electron chi connectivity index (χ1n) is 14.1. The Hall–Kier alpha value is -5.57. The minimum absolute atomic E-state index is 0.157. The van der Waals surface area contributed by atoms with Gasteiger partial charge in [0, 0.05) is 23.1 Å². The number of fused-ring (bicyclic) bond motifs is 1. The Bertz CT molecular complexity index is 1820. The predicted octanol–water partition coefficient (Wildman–Crippen LogP) is 6.47. The first kappa shape index (κ1) is 28.5. The molecule has 1 aliphatic heterocycles. The van der Waals surface area contributed by atoms with Crippen LogP contribution in [-0.4, -0.2) is 42.2 Å². The molecule has 1 aromatic heterocycles. The molecule has 220 valence electrons. The number of imide groups is 2. The third-order valence-electron chi connectivity index (χ3n) is 7.73. The number of methoxy groups -OCH3 is 1. The number of barbiturate groups is 1. The molecule has 8 nitrogen and oxygen atoms in total. The predicted molar refractivity (Wildman–Crippen MR) is 168 cm³/mol. The van der Waals surface area contributed by atoms with E-state index in [9.17, 15) is 18.8 Å². The zero-order valence-corrected chi connectivity index (χ0v) is 24.2. The fourth-order valence-corrected chi connectivity index (χ4v) is 5.58. The summed E-state index contributed by atoms with van der Waals surface area (Å²) in [7, 11) is 1.61. The number of nitrogens with zero attached hydrogens (tertiary/aromatic N) is 3. The first-order chi connectivity index (χ1) is 21.4. The molecule has 0 aliphatic carbocycles. The van der Waals surface area contributed by atoms with Gasteiger partial charge in [0.2, 0.25) is 0 Å². The number of amides is 4. The maximum atomic E-state index is 14.2. The van der Waals surface area contributed by atoms with Gasteiger partial charge in [-0.1, -0.05) is 48.5 Å². The number of carbonyl (C=O) groups is 3. The zero-order valence-electron chi connectivity index (χ0n) is 24.2. The van der Waals surface area contributed by atoms with Gasteiger partial charge in [-0.15, -0.1) is 0 Å². The number of carbonyl (C=O) groups excluding carboxylic acids is 3. The molecule has 44 heavy (non-hydrogen) atoms. The van der Waals surface area contributed by atoms with E-state index in [1.807, 2.05) is 25.1 Å². The van der Waals surface area contributed by atoms with E-state index in [1.54, 1.807) is 67.8 Å². The molecule has 0 spiro atoms. The van der Waals surface area contributed by atoms with Crippen molar-refractivity contribution < 1.29 is 23.5 Å². The molecule has 2 heterocycles. The van der Waals surface area contributed by atoms with Crippen molar-refractivity contribution in [3.05, 3.63) is 126 Å². The Morgan fingerprint density at radius 1 is 0.841 bits per heavy atom. The Kier molecular flexibility index (Phi) is 7.76. The molecule has 4 amide bonds. The number of para-hydroxylation sites is 2. The van der Waals surface area contributed by atoms with Gasteiger partial charge in [0.1, 0.15) is 11.6 Å². The number of aromatic nitrogens is 1. The van der Waals surface area contributed by atoms with E-state index in [1.165, 1.54) is 24.3 Å². The number of aryl methyl sites for hydroxylation is 1. The summed E-state index contributed by atoms with van der Waals surface area (Å²) in [5.74, 6) is -2.66. The van der Waals surface area contributed by atoms with Gasteiger partial charge in [-0.3, -0.25) is 14.6 Å². The number of urea groups is 1. The van der Waals surface area contributed by atoms with Crippen LogP contribution in [0.5, 0.6) is 5.75 Å². The molecule has 6 rings (SSSR count). The second-order valence-electron chi connectivity index (χ2n) is 10.4. The van der Waals surface area contributed by atoms with Crippen molar-refractivity contribution in [2.75, 3.05) is 23.5 Å². The van der Waals surface area contributed by atoms with E-state index in [-0.39, 0.29) is 12.3 Å². The lowest BCUT2D eigenvalue weighted by Crippen LogP contribution is -2.62. The van der Waals surface area contributed by atoms with Crippen LogP contribution in [-0.2, 0) is 16.0 Å². The number of aromatic amines is 1. The second kappa shape index (κ2) is 12.0. The van der Waals surface area contributed by atoms with E-state index in [4.69, 9.17) is 9.73 Å². The van der Waals surface area contributed by atoms with E-state index >= 15 is 0 Å². The number of hydrogen-bond acceptors (Lipinski definition) is 5. The largest absolute Gasteiger partial charge is 0.497 e. The van der Waals surface area contributed by atoms with Gasteiger partial charge >= 0.3 is 6.03 Å². The van der Waals surface area contributed by atoms with Gasteiger partial charge in [-0.25, -0.2) is 19.0 Å². The van der Waals surface area contributed by atoms with Crippen LogP contribution in [0.3, 0.4) is 0 Å². The van der Waals surface area contributed by atoms with Gasteiger partial charge < -0.3 is 9.72 Å². The maximum Gasteiger partial charge on any atom is 0.342 e. The molecule has 0 unspecified atom stereocenters. The average molecular weight is 589 g/mol. The SMILES string of the molecule is COc1ccc2[nH]c(C)c(CCN=C(c3ccc(F)cc3)C3C(=O)N(c4ccccc4)C(=O)N(c4ccccc4)C3=O)c2c1. The summed E-state index contributed by atoms with van der Waals surface area (Å²) in [4.78, 5) is 52.4. The summed E-state index contributed by atoms with van der Waals surface area (Å²) in [6.45, 7) is 2.20. The Morgan fingerprint density at radius 3 is 2.00 bits per heavy atom. The molecule has 0 atom stereocenters. The average Bonchev–Trinajstić information content (AvgIpc) is 3.35. The molecule has 0 saturated carbocycles. The Morgan fingerprint density at radius 2 is 1.43 bits per heavy atom. The van der Waals surface area contributed by atoms with Crippen LogP contribution in [0, 0.1) is 18.7 Å². The summed E-state index contributed by atoms with van der Waals surface area (Å²) in [6, 6.07) is 27.4. The van der Waals surface area contributed by atoms with Crippen LogP contribution in [0.2, 0.25) is 0 Å². The van der Waals surface area contributed by atoms with Gasteiger partial charge in [0.05, 0.1) is 24.2 Å². The van der Waals surface area contributed by atoms with Gasteiger partial charge in [0.25, 0.3) is 11.8 Å². The number of aliphatic imine (C=N–C) groups is 1. The highest BCUT2D eigenvalue weighted by Crippen LogP contribution is 2.32. The van der Waals surface area contributed by atoms with Crippen molar-refractivity contribution in [1.82, 2.24) is 4.98 Å². The molecule has 1 N–H and O–H groups in total. The van der Waals surface area contributed by atoms with Gasteiger partial charge in [-0.05, 0) is 79.1 Å². The lowest BCUT2D eigenvalue weighted by Gasteiger charge is -2.37. The summed E-state index contributed by atoms with van der Waals surface area (Å²) in [6.07, 6.45) is 0.489. The highest BCUT2D eigenvalue weighted by Gasteiger charge is 2.49. The molecule has 9 heteroatoms. The molecule has 4 aromatic carbocycles. The maximum absolute atomic E-state index is 14.2. The van der Waals surface area contributed by atoms with Crippen LogP contribution < -0.4 is 14.5 Å². The zero-order chi connectivity index (χ0) is 30.8. The topological polar surface area (TPSA) is 95.1 Å². The monoisotopic (exact) mass is 588 g/mol. The lowest BCUT2D eigenvalue weighted by molar-refractivity contribution is -0.129. The van der Waals surface area contributed by atoms with Gasteiger partial charge in [0.15, 0.2) is 5.92 Å². The first-order valence-corrected chi connectivity index (χ1v) is 14.1. The van der Waals surface area contributed by atoms with Gasteiger partial charge in [-0.2, -0.15) is 0 Å². The van der Waals surface area contributed by atoms with E-state index in [2.05, 4.69) is 4.98 Å². The molecular formula is C35H29FN4O4. The number of anilines is 2. The van der Waals surface area contributed by atoms with Crippen molar-refractivity contribution in [2.24, 2.45) is 10.9 Å². The molecule has 1 saturated heterocycles. The summed E-state index contributed by atoms with van der Waals surface area (Å²) in [5.41, 5.74) is 4.15. The number of nitrogens with one attached hydrogen (secondary N) is 1. The minimum Gasteiger partial charge on any atom is -0.497 e. The van der Waals surface area contributed by atoms with Crippen LogP contribution in [0.1, 0.15) is 16.8 Å². The number of hydrogen-bond donors (Lipinski definition) is 1. The quantitative estimate of drug-likeness (QED) is 0.166. The summed E-state index contributed by atoms with van der Waals surface area (Å²) >= 11 is 0. The Labute approximate surface area is 253 Å². The van der Waals surface area contributed by atoms with Crippen LogP contribution in [0.25, 0.3) is 10.9 Å². The second-order valence-corrected chi connectivity index (χ2v) is 10.4. The summed E-state index contributed by atoms with van der Waals surface area (Å²) < 4.78 is 19.4. The van der Waals surface area contributed by atoms with Crippen molar-refractivity contribution in [2.45, 2.75) is 13.3 Å². The smallest absolute Gasteiger partial charge is 0.342 e. The number of benzene rings is 4. The van der Waals surface area contributed by atoms with Crippen molar-refractivity contribution in [3.8, 4) is 5.75 Å². The van der Waals surface area contributed by atoms with Crippen molar-refractivity contribution in [3.63, 3.8) is 0 Å². The van der Waals surface area contributed by atoms with Crippen LogP contribution >= 0.6 is 0 Å². The van der Waals surface area contributed by atoms with Crippen LogP contribution in [0.15, 0.2) is 108 Å². The summed E-state index contributed by atoms with van der Waals surface area (Å²) in [5, 5.41) is 0.987. The van der Waals surface area contributed by atoms with Crippen molar-refractivity contribution in [1.29, 1.82) is 0 Å². The van der Waals surface area contributed by atoms with Crippen molar-refractivity contribution >= 4 is 45.8 Å². The molecular weight excluding hydrogens is 559 g/mol. The highest BCUT2D eigenvalue weighted by atomic mass is 19.1. The number of rotatable bonds is 8. The fourth-order valence-electron chi connectivity index (χ4n) is 5.58. The fraction of sp³-hybridized carbons (Fsp3) is 0.143. The number of H-pyrrole nitrogens is 1. The molecule has 1 aliphatic rings. The lowest BCUT2D eigenvalue weighted by atomic mass is 9.91. The number of ether oxygens (including phenoxy) is 1. The standard InChI is InChI=1S/C35H29FN4O4/c1-22-28(29-21-27(44-2)17-18-30(29)38-22)19-20-37-32(23-13-15-24(36)16-14-23)31-33(41)39(25-9-5-3-6-10-25)35(43)40(34(31)42)26-11-7-4-8-12-26/h3-18,21,31,38H,19-20H2,1-2H3.